The van der Waals surface area contributed by atoms with Crippen LogP contribution in [0.5, 0.6) is 5.75 Å². The van der Waals surface area contributed by atoms with E-state index in [9.17, 15) is 18.5 Å². The van der Waals surface area contributed by atoms with E-state index in [1.807, 2.05) is 6.92 Å². The zero-order valence-corrected chi connectivity index (χ0v) is 15.2. The Morgan fingerprint density at radius 2 is 1.84 bits per heavy atom. The second-order valence-electron chi connectivity index (χ2n) is 5.21. The highest BCUT2D eigenvalue weighted by molar-refractivity contribution is 7.89. The van der Waals surface area contributed by atoms with E-state index in [4.69, 9.17) is 16.3 Å². The average Bonchev–Trinajstić information content (AvgIpc) is 2.56. The van der Waals surface area contributed by atoms with E-state index in [1.54, 1.807) is 24.3 Å². The number of hydrogen-bond donors (Lipinski definition) is 0. The molecule has 0 bridgehead atoms. The molecule has 7 nitrogen and oxygen atoms in total. The molecule has 0 unspecified atom stereocenters. The maximum Gasteiger partial charge on any atom is 0.289 e. The Balaban J connectivity index is 2.24. The molecule has 0 radical (unpaired) electrons. The van der Waals surface area contributed by atoms with Gasteiger partial charge < -0.3 is 4.74 Å². The molecule has 0 amide bonds. The van der Waals surface area contributed by atoms with Crippen LogP contribution in [0.15, 0.2) is 47.4 Å². The lowest BCUT2D eigenvalue weighted by atomic mass is 10.2. The molecule has 0 N–H and O–H groups in total. The van der Waals surface area contributed by atoms with E-state index < -0.39 is 20.6 Å². The van der Waals surface area contributed by atoms with Crippen LogP contribution in [-0.4, -0.2) is 31.3 Å². The first-order valence-electron chi connectivity index (χ1n) is 7.37. The molecular formula is C16H17ClN2O5S. The summed E-state index contributed by atoms with van der Waals surface area (Å²) in [5.74, 6) is 0.699. The van der Waals surface area contributed by atoms with E-state index in [-0.39, 0.29) is 16.5 Å². The number of nitro benzene ring substituents is 1. The topological polar surface area (TPSA) is 89.8 Å². The largest absolute Gasteiger partial charge is 0.494 e. The van der Waals surface area contributed by atoms with Crippen molar-refractivity contribution in [3.63, 3.8) is 0 Å². The van der Waals surface area contributed by atoms with Crippen molar-refractivity contribution in [2.24, 2.45) is 0 Å². The fraction of sp³-hybridized carbons (Fsp3) is 0.250. The summed E-state index contributed by atoms with van der Waals surface area (Å²) < 4.78 is 31.7. The number of halogens is 1. The minimum Gasteiger partial charge on any atom is -0.494 e. The number of nitrogens with zero attached hydrogens (tertiary/aromatic N) is 2. The molecule has 9 heteroatoms. The summed E-state index contributed by atoms with van der Waals surface area (Å²) in [6, 6.07) is 10.5. The van der Waals surface area contributed by atoms with Gasteiger partial charge in [-0.2, -0.15) is 4.31 Å². The van der Waals surface area contributed by atoms with E-state index >= 15 is 0 Å². The number of hydrogen-bond acceptors (Lipinski definition) is 5. The summed E-state index contributed by atoms with van der Waals surface area (Å²) in [5, 5.41) is 10.8. The maximum absolute atomic E-state index is 12.6. The summed E-state index contributed by atoms with van der Waals surface area (Å²) in [4.78, 5) is 10.1. The van der Waals surface area contributed by atoms with Crippen molar-refractivity contribution >= 4 is 27.3 Å². The molecule has 0 aromatic heterocycles. The third-order valence-corrected chi connectivity index (χ3v) is 5.58. The molecule has 0 atom stereocenters. The van der Waals surface area contributed by atoms with E-state index in [2.05, 4.69) is 0 Å². The second kappa shape index (κ2) is 7.81. The standard InChI is InChI=1S/C16H17ClN2O5S/c1-3-24-13-6-4-12(5-7-13)11-18(2)25(22,23)14-8-9-15(17)16(10-14)19(20)21/h4-10H,3,11H2,1-2H3. The van der Waals surface area contributed by atoms with Gasteiger partial charge in [0.05, 0.1) is 16.4 Å². The van der Waals surface area contributed by atoms with E-state index in [0.29, 0.717) is 12.4 Å². The number of rotatable bonds is 7. The first-order valence-corrected chi connectivity index (χ1v) is 9.19. The smallest absolute Gasteiger partial charge is 0.289 e. The number of sulfonamides is 1. The Kier molecular flexibility index (Phi) is 5.99. The van der Waals surface area contributed by atoms with Gasteiger partial charge in [-0.3, -0.25) is 10.1 Å². The highest BCUT2D eigenvalue weighted by Gasteiger charge is 2.24. The maximum atomic E-state index is 12.6. The number of nitro groups is 1. The van der Waals surface area contributed by atoms with Gasteiger partial charge in [-0.25, -0.2) is 8.42 Å². The van der Waals surface area contributed by atoms with Crippen molar-refractivity contribution in [3.05, 3.63) is 63.2 Å². The van der Waals surface area contributed by atoms with Crippen LogP contribution in [0.3, 0.4) is 0 Å². The Bertz CT molecular complexity index is 869. The SMILES string of the molecule is CCOc1ccc(CN(C)S(=O)(=O)c2ccc(Cl)c([N+](=O)[O-])c2)cc1. The van der Waals surface area contributed by atoms with Gasteiger partial charge in [-0.05, 0) is 36.8 Å². The summed E-state index contributed by atoms with van der Waals surface area (Å²) in [7, 11) is -2.48. The minimum absolute atomic E-state index is 0.113. The highest BCUT2D eigenvalue weighted by Crippen LogP contribution is 2.28. The molecule has 2 rings (SSSR count). The number of benzene rings is 2. The third-order valence-electron chi connectivity index (χ3n) is 3.46. The van der Waals surface area contributed by atoms with Gasteiger partial charge in [0.1, 0.15) is 10.8 Å². The normalized spacial score (nSPS) is 11.5. The molecular weight excluding hydrogens is 368 g/mol. The predicted octanol–water partition coefficient (Wildman–Crippen LogP) is 3.47. The summed E-state index contributed by atoms with van der Waals surface area (Å²) >= 11 is 5.73. The van der Waals surface area contributed by atoms with E-state index in [1.165, 1.54) is 19.2 Å². The average molecular weight is 385 g/mol. The Morgan fingerprint density at radius 1 is 1.20 bits per heavy atom. The molecule has 134 valence electrons. The lowest BCUT2D eigenvalue weighted by molar-refractivity contribution is -0.384. The van der Waals surface area contributed by atoms with E-state index in [0.717, 1.165) is 15.9 Å². The van der Waals surface area contributed by atoms with Gasteiger partial charge in [0, 0.05) is 19.7 Å². The van der Waals surface area contributed by atoms with Crippen molar-refractivity contribution in [1.29, 1.82) is 0 Å². The van der Waals surface area contributed by atoms with Crippen molar-refractivity contribution in [3.8, 4) is 5.75 Å². The van der Waals surface area contributed by atoms with Gasteiger partial charge in [0.2, 0.25) is 10.0 Å². The molecule has 0 spiro atoms. The lowest BCUT2D eigenvalue weighted by Gasteiger charge is -2.17. The monoisotopic (exact) mass is 384 g/mol. The summed E-state index contributed by atoms with van der Waals surface area (Å²) in [6.45, 7) is 2.54. The van der Waals surface area contributed by atoms with Crippen LogP contribution in [0.2, 0.25) is 5.02 Å². The van der Waals surface area contributed by atoms with Crippen molar-refractivity contribution in [1.82, 2.24) is 4.31 Å². The summed E-state index contributed by atoms with van der Waals surface area (Å²) in [6.07, 6.45) is 0. The molecule has 25 heavy (non-hydrogen) atoms. The molecule has 0 aliphatic carbocycles. The molecule has 2 aromatic carbocycles. The van der Waals surface area contributed by atoms with Crippen LogP contribution in [0.1, 0.15) is 12.5 Å². The lowest BCUT2D eigenvalue weighted by Crippen LogP contribution is -2.26. The molecule has 2 aromatic rings. The first kappa shape index (κ1) is 19.2. The van der Waals surface area contributed by atoms with Crippen molar-refractivity contribution in [2.45, 2.75) is 18.4 Å². The minimum atomic E-state index is -3.89. The van der Waals surface area contributed by atoms with Crippen LogP contribution >= 0.6 is 11.6 Å². The number of ether oxygens (including phenoxy) is 1. The highest BCUT2D eigenvalue weighted by atomic mass is 35.5. The zero-order chi connectivity index (χ0) is 18.6. The molecule has 0 heterocycles. The van der Waals surface area contributed by atoms with Gasteiger partial charge in [0.15, 0.2) is 0 Å². The fourth-order valence-electron chi connectivity index (χ4n) is 2.17. The van der Waals surface area contributed by atoms with Gasteiger partial charge >= 0.3 is 0 Å². The zero-order valence-electron chi connectivity index (χ0n) is 13.7. The van der Waals surface area contributed by atoms with Crippen molar-refractivity contribution < 1.29 is 18.1 Å². The Hall–Kier alpha value is -2.16. The quantitative estimate of drug-likeness (QED) is 0.538. The molecule has 0 aliphatic heterocycles. The summed E-state index contributed by atoms with van der Waals surface area (Å²) in [5.41, 5.74) is 0.315. The fourth-order valence-corrected chi connectivity index (χ4v) is 3.54. The van der Waals surface area contributed by atoms with Crippen LogP contribution < -0.4 is 4.74 Å². The van der Waals surface area contributed by atoms with Gasteiger partial charge in [0.25, 0.3) is 5.69 Å². The second-order valence-corrected chi connectivity index (χ2v) is 7.66. The molecule has 0 saturated carbocycles. The van der Waals surface area contributed by atoms with Crippen LogP contribution in [0, 0.1) is 10.1 Å². The molecule has 0 aliphatic rings. The first-order chi connectivity index (χ1) is 11.8. The van der Waals surface area contributed by atoms with Crippen LogP contribution in [0.4, 0.5) is 5.69 Å². The third kappa shape index (κ3) is 4.47. The predicted molar refractivity (Wildman–Crippen MR) is 94.4 cm³/mol. The molecule has 0 saturated heterocycles. The van der Waals surface area contributed by atoms with Crippen LogP contribution in [-0.2, 0) is 16.6 Å². The van der Waals surface area contributed by atoms with Crippen molar-refractivity contribution in [2.75, 3.05) is 13.7 Å². The Labute approximate surface area is 151 Å². The van der Waals surface area contributed by atoms with Crippen LogP contribution in [0.25, 0.3) is 0 Å². The van der Waals surface area contributed by atoms with Gasteiger partial charge in [-0.15, -0.1) is 0 Å². The Morgan fingerprint density at radius 3 is 2.40 bits per heavy atom. The molecule has 0 fully saturated rings. The van der Waals surface area contributed by atoms with Gasteiger partial charge in [-0.1, -0.05) is 23.7 Å².